The summed E-state index contributed by atoms with van der Waals surface area (Å²) >= 11 is 0. The van der Waals surface area contributed by atoms with Gasteiger partial charge in [-0.3, -0.25) is 56.7 Å². The van der Waals surface area contributed by atoms with Gasteiger partial charge < -0.3 is 121 Å². The molecule has 0 heterocycles. The normalized spacial score (nSPS) is 10.7. The van der Waals surface area contributed by atoms with Crippen molar-refractivity contribution in [3.05, 3.63) is 236 Å². The highest BCUT2D eigenvalue weighted by atomic mass is 19.4. The number of ether oxygens (including phenoxy) is 4. The molecule has 0 aliphatic rings. The number of benzene rings is 8. The van der Waals surface area contributed by atoms with Crippen LogP contribution in [0.5, 0.6) is 28.7 Å². The number of nitroso groups, excluding NO2 is 1. The molecule has 0 aliphatic carbocycles. The van der Waals surface area contributed by atoms with Crippen molar-refractivity contribution >= 4 is 131 Å². The second kappa shape index (κ2) is 56.1. The van der Waals surface area contributed by atoms with Crippen LogP contribution in [0.1, 0.15) is 122 Å². The number of azo groups is 1. The van der Waals surface area contributed by atoms with Crippen molar-refractivity contribution in [3.8, 4) is 28.7 Å². The number of phenolic OH excluding ortho intramolecular Hbond substituents is 5. The van der Waals surface area contributed by atoms with Crippen LogP contribution < -0.4 is 47.0 Å². The number of diazo groups is 1. The zero-order valence-corrected chi connectivity index (χ0v) is 66.1. The molecule has 0 fully saturated rings. The molecule has 8 rings (SSSR count). The summed E-state index contributed by atoms with van der Waals surface area (Å²) in [5, 5.41) is 139. The van der Waals surface area contributed by atoms with Gasteiger partial charge >= 0.3 is 72.9 Å². The Morgan fingerprint density at radius 2 is 0.850 bits per heavy atom. The quantitative estimate of drug-likeness (QED) is 0.00342. The molecule has 49 heteroatoms. The van der Waals surface area contributed by atoms with Crippen LogP contribution in [0.3, 0.4) is 0 Å². The number of amides is 5. The van der Waals surface area contributed by atoms with Gasteiger partial charge in [0, 0.05) is 57.5 Å². The number of carboxylic acid groups (broad SMARTS) is 7. The number of hydrogen-bond acceptors (Lipinski definition) is 33. The van der Waals surface area contributed by atoms with E-state index in [1.807, 2.05) is 5.32 Å². The predicted octanol–water partition coefficient (Wildman–Crippen LogP) is 2.97. The minimum atomic E-state index is -3.67. The van der Waals surface area contributed by atoms with Crippen LogP contribution in [0, 0.1) is 10.3 Å². The fraction of sp³-hybridized carbons (Fsp3) is 0.179. The third-order valence-corrected chi connectivity index (χ3v) is 14.8. The summed E-state index contributed by atoms with van der Waals surface area (Å²) in [6.07, 6.45) is -2.83. The summed E-state index contributed by atoms with van der Waals surface area (Å²) in [5.74, 6) is -17.6. The first-order valence-electron chi connectivity index (χ1n) is 35.2. The van der Waals surface area contributed by atoms with Crippen LogP contribution in [0.4, 0.5) is 41.4 Å². The Morgan fingerprint density at radius 3 is 1.21 bits per heavy atom. The summed E-state index contributed by atoms with van der Waals surface area (Å²) < 4.78 is 47.6. The van der Waals surface area contributed by atoms with Crippen LogP contribution in [0.25, 0.3) is 4.98 Å². The number of hydrazine groups is 1. The number of carbonyl (C=O) groups is 16. The number of aromatic hydroxyl groups is 5. The number of methoxy groups -OCH3 is 2. The van der Waals surface area contributed by atoms with Crippen LogP contribution in [-0.4, -0.2) is 205 Å². The molecule has 0 spiro atoms. The average Bonchev–Trinajstić information content (AvgIpc) is 0.845. The van der Waals surface area contributed by atoms with E-state index >= 15 is 0 Å². The summed E-state index contributed by atoms with van der Waals surface area (Å²) in [4.78, 5) is 192. The van der Waals surface area contributed by atoms with Gasteiger partial charge in [0.05, 0.1) is 92.5 Å². The third kappa shape index (κ3) is 41.3. The van der Waals surface area contributed by atoms with Crippen molar-refractivity contribution in [2.24, 2.45) is 15.4 Å². The van der Waals surface area contributed by atoms with Gasteiger partial charge in [0.1, 0.15) is 52.6 Å². The van der Waals surface area contributed by atoms with E-state index in [2.05, 4.69) is 56.7 Å². The largest absolute Gasteiger partial charge is 1.00 e. The van der Waals surface area contributed by atoms with E-state index in [-0.39, 0.29) is 91.5 Å². The monoisotopic (exact) mass is 1780 g/mol. The molecule has 4 unspecified atom stereocenters. The zero-order valence-electron chi connectivity index (χ0n) is 66.1. The Labute approximate surface area is 712 Å². The lowest BCUT2D eigenvalue weighted by Crippen LogP contribution is -3.00. The van der Waals surface area contributed by atoms with Gasteiger partial charge in [0.15, 0.2) is 4.98 Å². The number of anilines is 2. The predicted molar refractivity (Wildman–Crippen MR) is 422 cm³/mol. The molecule has 0 saturated heterocycles. The Morgan fingerprint density at radius 1 is 0.457 bits per heavy atom. The Balaban J connectivity index is 0.000000780. The first-order valence-corrected chi connectivity index (χ1v) is 35.2. The number of aliphatic carboxylic acids is 6. The number of carbonyl (C=O) groups excluding carboxylic acids is 11. The van der Waals surface area contributed by atoms with Gasteiger partial charge in [-0.2, -0.15) is 5.11 Å². The first-order chi connectivity index (χ1) is 59.5. The van der Waals surface area contributed by atoms with Gasteiger partial charge in [-0.1, -0.05) is 18.2 Å². The Hall–Kier alpha value is -17.5. The number of nitrogens with one attached hydrogen (secondary N) is 6. The molecule has 16 N–H and O–H groups in total. The zero-order chi connectivity index (χ0) is 94.9. The second-order valence-corrected chi connectivity index (χ2v) is 23.9. The maximum atomic E-state index is 12.1. The number of rotatable bonds is 31. The summed E-state index contributed by atoms with van der Waals surface area (Å²) in [6, 6.07) is 35.4. The van der Waals surface area contributed by atoms with E-state index in [0.717, 1.165) is 25.3 Å². The van der Waals surface area contributed by atoms with Gasteiger partial charge in [-0.05, 0) is 166 Å². The molecule has 0 aliphatic heterocycles. The van der Waals surface area contributed by atoms with Crippen molar-refractivity contribution < 1.29 is 175 Å². The molecule has 5 amide bonds. The van der Waals surface area contributed by atoms with E-state index in [9.17, 15) is 120 Å². The number of nitrogens with zero attached hydrogens (tertiary/aromatic N) is 5. The Bertz CT molecular complexity index is 5260. The lowest BCUT2D eigenvalue weighted by Gasteiger charge is -2.20. The van der Waals surface area contributed by atoms with Crippen molar-refractivity contribution in [1.82, 2.24) is 21.3 Å². The van der Waals surface area contributed by atoms with Gasteiger partial charge in [-0.25, -0.2) is 28.8 Å². The molecule has 44 nitrogen and oxygen atoms in total. The van der Waals surface area contributed by atoms with Crippen molar-refractivity contribution in [1.29, 1.82) is 5.39 Å². The standard InChI is InChI=1S/C20H19N3O8.C18H16N4O8.C13H15NO6.C11H11NO6.C9H9N2O2.C7H6O3.BF3.FH/c1-2-31-20(30)11-3-6-13(7-4-11)22-23-14-8-5-12(9-16(14)24)18(27)21-15(19(28)29)10-17(25)26;23-14-7-10(16(26)19-13(18(28)29)8-15(24)25)3-6-12(14)21-20-11-4-1-9(2-5-11)17(27)22-30;1-19-11(16)7-10(13(18)20-2)14-12(17)8-4-3-5-9(15)6-8;13-7-3-1-2-6(4-7)10(16)12-8(11(17)18)5-9(14)15;1-2-13-9(12)7-3-5-8(11-10)6-4-7;8-6-3-1-2-5(4-6)7(9)10;2-1(3)4;/h3-9,15,24H,2,10H2,1H3,(H,21,27)(H,25,26)(H,28,29);1-7,13,20-21,23H,8H2,(H,19,26)(H,24,25)(H,28,29);3-6,10,15H,7H2,1-2H3,(H,14,17);1-4,8,13H,5H2,(H,12,16)(H,14,15)(H,17,18);3-6H,2H2,1H3;1-4,8H,(H,9,10);;1H/q;;;;+1;;;/p-3. The fourth-order valence-corrected chi connectivity index (χ4v) is 8.88. The van der Waals surface area contributed by atoms with Crippen molar-refractivity contribution in [3.63, 3.8) is 0 Å². The summed E-state index contributed by atoms with van der Waals surface area (Å²) in [6.45, 7) is 4.05. The SMILES string of the molecule is CCOC(=O)c1ccc(N=Nc2ccc(C(=O)NC(CC(=O)O)C(=O)O)cc2O)cc1.CCOC(=O)c1ccc([N+]#N)cc1.COC(=O)CC(NC(=O)c1cccc(O)c1)C(=O)OC.FB(F)F.O=C(O)CC(NC(=O)c1cccc(O)c1)C(=O)O.O=C(O)c1cccc(O)c1.O=NC(=O)c1ccc(NNc2ccc(C(=O)NC(CC(=O)[O-])C(=O)[O-])cc2O)cc1.[F-]. The number of aromatic carboxylic acids is 1. The van der Waals surface area contributed by atoms with E-state index in [1.54, 1.807) is 26.0 Å². The molecule has 8 aromatic carbocycles. The maximum absolute atomic E-state index is 12.1. The molecule has 0 bridgehead atoms. The smallest absolute Gasteiger partial charge is 0.762 e. The van der Waals surface area contributed by atoms with E-state index in [1.165, 1.54) is 159 Å². The van der Waals surface area contributed by atoms with E-state index in [0.29, 0.717) is 34.8 Å². The Kier molecular flexibility index (Phi) is 47.5. The van der Waals surface area contributed by atoms with Crippen LogP contribution in [0.2, 0.25) is 0 Å². The molecule has 0 radical (unpaired) electrons. The minimum absolute atomic E-state index is 0. The second-order valence-electron chi connectivity index (χ2n) is 23.9. The molecule has 0 aromatic heterocycles. The number of hydrogen-bond donors (Lipinski definition) is 16. The van der Waals surface area contributed by atoms with Crippen LogP contribution in [0.15, 0.2) is 197 Å². The number of carboxylic acids is 7. The van der Waals surface area contributed by atoms with Gasteiger partial charge in [-0.15, -0.1) is 10.0 Å². The summed E-state index contributed by atoms with van der Waals surface area (Å²) in [5.41, 5.74) is 7.80. The van der Waals surface area contributed by atoms with Gasteiger partial charge in [0.2, 0.25) is 5.39 Å². The first kappa shape index (κ1) is 107. The molecular weight excluding hydrogens is 1710 g/mol. The van der Waals surface area contributed by atoms with Crippen LogP contribution in [-0.2, 0) is 57.3 Å². The topological polar surface area (TPSA) is 713 Å². The minimum Gasteiger partial charge on any atom is -1.00 e. The number of halogens is 4. The molecule has 672 valence electrons. The molecular formula is C78H74BF4N11O33-2. The van der Waals surface area contributed by atoms with Crippen molar-refractivity contribution in [2.75, 3.05) is 38.3 Å². The lowest BCUT2D eigenvalue weighted by atomic mass is 10.1. The molecule has 8 aromatic rings. The van der Waals surface area contributed by atoms with Crippen molar-refractivity contribution in [2.45, 2.75) is 63.7 Å². The van der Waals surface area contributed by atoms with E-state index in [4.69, 9.17) is 50.6 Å². The average molecular weight is 1780 g/mol. The van der Waals surface area contributed by atoms with Gasteiger partial charge in [0.25, 0.3) is 23.6 Å². The van der Waals surface area contributed by atoms with E-state index < -0.39 is 146 Å². The molecule has 4 atom stereocenters. The number of esters is 4. The highest BCUT2D eigenvalue weighted by molar-refractivity contribution is 6.33. The molecule has 0 saturated carbocycles. The highest BCUT2D eigenvalue weighted by Crippen LogP contribution is 2.30. The molecule has 127 heavy (non-hydrogen) atoms. The van der Waals surface area contributed by atoms with Crippen LogP contribution >= 0.6 is 0 Å². The fourth-order valence-electron chi connectivity index (χ4n) is 8.88. The number of phenols is 5. The third-order valence-electron chi connectivity index (χ3n) is 14.8. The highest BCUT2D eigenvalue weighted by Gasteiger charge is 2.28. The lowest BCUT2D eigenvalue weighted by molar-refractivity contribution is -0.317. The summed E-state index contributed by atoms with van der Waals surface area (Å²) in [7, 11) is -1.35. The maximum Gasteiger partial charge on any atom is 0.762 e.